The van der Waals surface area contributed by atoms with Crippen molar-refractivity contribution in [2.24, 2.45) is 23.7 Å². The van der Waals surface area contributed by atoms with Crippen molar-refractivity contribution in [2.45, 2.75) is 25.7 Å². The van der Waals surface area contributed by atoms with E-state index in [4.69, 9.17) is 0 Å². The number of fused-ring (bicyclic) bond motifs is 1. The van der Waals surface area contributed by atoms with Crippen molar-refractivity contribution in [3.8, 4) is 0 Å². The molecule has 1 saturated heterocycles. The van der Waals surface area contributed by atoms with Gasteiger partial charge in [0.25, 0.3) is 0 Å². The van der Waals surface area contributed by atoms with Gasteiger partial charge >= 0.3 is 0 Å². The lowest BCUT2D eigenvalue weighted by Crippen LogP contribution is -2.32. The quantitative estimate of drug-likeness (QED) is 0.783. The van der Waals surface area contributed by atoms with Gasteiger partial charge in [-0.3, -0.25) is 4.79 Å². The van der Waals surface area contributed by atoms with Crippen LogP contribution in [0.25, 0.3) is 0 Å². The Kier molecular flexibility index (Phi) is 3.75. The molecule has 0 radical (unpaired) electrons. The molecule has 2 saturated carbocycles. The largest absolute Gasteiger partial charge is 0.356 e. The third-order valence-electron chi connectivity index (χ3n) is 4.44. The van der Waals surface area contributed by atoms with Gasteiger partial charge < -0.3 is 10.6 Å². The van der Waals surface area contributed by atoms with Crippen molar-refractivity contribution < 1.29 is 4.79 Å². The molecule has 1 aliphatic heterocycles. The number of carbonyl (C=O) groups is 1. The molecule has 2 aliphatic carbocycles. The summed E-state index contributed by atoms with van der Waals surface area (Å²) in [5.74, 6) is 2.93. The highest BCUT2D eigenvalue weighted by Crippen LogP contribution is 2.57. The monoisotopic (exact) mass is 244 g/mol. The topological polar surface area (TPSA) is 41.1 Å². The Morgan fingerprint density at radius 1 is 1.25 bits per heavy atom. The molecule has 16 heavy (non-hydrogen) atoms. The molecular formula is C12H21ClN2O. The standard InChI is InChI=1S/C12H20N2O.ClH/c15-12(11-9-2-1-3-10(9)11)14-7-8-4-5-13-6-8;/h8-11,13H,1-7H2,(H,14,15);1H. The van der Waals surface area contributed by atoms with E-state index in [1.54, 1.807) is 0 Å². The first-order valence-electron chi connectivity index (χ1n) is 6.34. The predicted molar refractivity (Wildman–Crippen MR) is 65.6 cm³/mol. The Balaban J connectivity index is 0.000000963. The first-order chi connectivity index (χ1) is 7.36. The molecule has 3 aliphatic rings. The lowest BCUT2D eigenvalue weighted by atomic mass is 10.1. The van der Waals surface area contributed by atoms with Crippen LogP contribution in [-0.4, -0.2) is 25.5 Å². The van der Waals surface area contributed by atoms with Gasteiger partial charge in [0, 0.05) is 12.5 Å². The summed E-state index contributed by atoms with van der Waals surface area (Å²) < 4.78 is 0. The van der Waals surface area contributed by atoms with E-state index in [0.29, 0.717) is 17.7 Å². The van der Waals surface area contributed by atoms with Crippen LogP contribution >= 0.6 is 12.4 Å². The highest BCUT2D eigenvalue weighted by Gasteiger charge is 2.56. The van der Waals surface area contributed by atoms with Gasteiger partial charge in [0.1, 0.15) is 0 Å². The van der Waals surface area contributed by atoms with Crippen molar-refractivity contribution in [3.63, 3.8) is 0 Å². The maximum atomic E-state index is 11.8. The molecule has 3 fully saturated rings. The Labute approximate surface area is 103 Å². The van der Waals surface area contributed by atoms with Crippen LogP contribution in [-0.2, 0) is 4.79 Å². The smallest absolute Gasteiger partial charge is 0.223 e. The van der Waals surface area contributed by atoms with Crippen molar-refractivity contribution >= 4 is 18.3 Å². The number of amides is 1. The zero-order chi connectivity index (χ0) is 10.3. The molecule has 4 heteroatoms. The number of rotatable bonds is 3. The molecular weight excluding hydrogens is 224 g/mol. The van der Waals surface area contributed by atoms with Crippen LogP contribution in [0.4, 0.5) is 0 Å². The third-order valence-corrected chi connectivity index (χ3v) is 4.44. The van der Waals surface area contributed by atoms with Crippen LogP contribution in [0.2, 0.25) is 0 Å². The van der Waals surface area contributed by atoms with Crippen LogP contribution in [0.15, 0.2) is 0 Å². The second kappa shape index (κ2) is 4.92. The molecule has 1 heterocycles. The fourth-order valence-electron chi connectivity index (χ4n) is 3.46. The molecule has 0 bridgehead atoms. The van der Waals surface area contributed by atoms with Gasteiger partial charge in [-0.1, -0.05) is 6.42 Å². The van der Waals surface area contributed by atoms with Crippen LogP contribution < -0.4 is 10.6 Å². The van der Waals surface area contributed by atoms with Crippen molar-refractivity contribution in [3.05, 3.63) is 0 Å². The molecule has 0 spiro atoms. The Bertz CT molecular complexity index is 256. The fourth-order valence-corrected chi connectivity index (χ4v) is 3.46. The fraction of sp³-hybridized carbons (Fsp3) is 0.917. The summed E-state index contributed by atoms with van der Waals surface area (Å²) in [6.07, 6.45) is 5.17. The SMILES string of the molecule is Cl.O=C(NCC1CCNC1)C1C2CCCC21. The molecule has 92 valence electrons. The number of hydrogen-bond acceptors (Lipinski definition) is 2. The van der Waals surface area contributed by atoms with Crippen LogP contribution in [0.5, 0.6) is 0 Å². The van der Waals surface area contributed by atoms with Gasteiger partial charge in [-0.25, -0.2) is 0 Å². The van der Waals surface area contributed by atoms with Gasteiger partial charge in [-0.2, -0.15) is 0 Å². The highest BCUT2D eigenvalue weighted by atomic mass is 35.5. The summed E-state index contributed by atoms with van der Waals surface area (Å²) in [5.41, 5.74) is 0. The van der Waals surface area contributed by atoms with E-state index >= 15 is 0 Å². The average molecular weight is 245 g/mol. The number of carbonyl (C=O) groups excluding carboxylic acids is 1. The second-order valence-corrected chi connectivity index (χ2v) is 5.39. The van der Waals surface area contributed by atoms with Gasteiger partial charge in [-0.15, -0.1) is 12.4 Å². The first-order valence-corrected chi connectivity index (χ1v) is 6.34. The molecule has 3 unspecified atom stereocenters. The van der Waals surface area contributed by atoms with E-state index < -0.39 is 0 Å². The van der Waals surface area contributed by atoms with E-state index in [9.17, 15) is 4.79 Å². The van der Waals surface area contributed by atoms with Gasteiger partial charge in [0.15, 0.2) is 0 Å². The van der Waals surface area contributed by atoms with Crippen LogP contribution in [0.3, 0.4) is 0 Å². The molecule has 0 aromatic rings. The van der Waals surface area contributed by atoms with Gasteiger partial charge in [0.05, 0.1) is 0 Å². The second-order valence-electron chi connectivity index (χ2n) is 5.39. The number of halogens is 1. The zero-order valence-corrected chi connectivity index (χ0v) is 10.4. The lowest BCUT2D eigenvalue weighted by Gasteiger charge is -2.10. The molecule has 2 N–H and O–H groups in total. The minimum atomic E-state index is 0. The number of hydrogen-bond donors (Lipinski definition) is 2. The maximum absolute atomic E-state index is 11.8. The van der Waals surface area contributed by atoms with Crippen molar-refractivity contribution in [1.29, 1.82) is 0 Å². The van der Waals surface area contributed by atoms with Crippen molar-refractivity contribution in [2.75, 3.05) is 19.6 Å². The molecule has 0 aromatic heterocycles. The Hall–Kier alpha value is -0.280. The molecule has 3 nitrogen and oxygen atoms in total. The van der Waals surface area contributed by atoms with E-state index in [0.717, 1.165) is 31.5 Å². The molecule has 1 amide bonds. The van der Waals surface area contributed by atoms with E-state index in [2.05, 4.69) is 10.6 Å². The van der Waals surface area contributed by atoms with E-state index in [1.807, 2.05) is 0 Å². The maximum Gasteiger partial charge on any atom is 0.223 e. The van der Waals surface area contributed by atoms with Gasteiger partial charge in [0.2, 0.25) is 5.91 Å². The molecule has 0 aromatic carbocycles. The minimum absolute atomic E-state index is 0. The summed E-state index contributed by atoms with van der Waals surface area (Å²) in [7, 11) is 0. The summed E-state index contributed by atoms with van der Waals surface area (Å²) in [6, 6.07) is 0. The normalized spacial score (nSPS) is 40.0. The van der Waals surface area contributed by atoms with Crippen molar-refractivity contribution in [1.82, 2.24) is 10.6 Å². The summed E-state index contributed by atoms with van der Waals surface area (Å²) in [4.78, 5) is 11.8. The average Bonchev–Trinajstić information content (AvgIpc) is 2.72. The predicted octanol–water partition coefficient (Wildman–Crippen LogP) is 1.18. The third kappa shape index (κ3) is 2.21. The molecule has 3 rings (SSSR count). The summed E-state index contributed by atoms with van der Waals surface area (Å²) in [6.45, 7) is 3.09. The first kappa shape index (κ1) is 12.2. The Morgan fingerprint density at radius 3 is 2.62 bits per heavy atom. The summed E-state index contributed by atoms with van der Waals surface area (Å²) in [5, 5.41) is 6.47. The number of nitrogens with one attached hydrogen (secondary N) is 2. The van der Waals surface area contributed by atoms with Crippen LogP contribution in [0.1, 0.15) is 25.7 Å². The Morgan fingerprint density at radius 2 is 2.00 bits per heavy atom. The van der Waals surface area contributed by atoms with E-state index in [-0.39, 0.29) is 12.4 Å². The van der Waals surface area contributed by atoms with Gasteiger partial charge in [-0.05, 0) is 50.1 Å². The lowest BCUT2D eigenvalue weighted by molar-refractivity contribution is -0.123. The molecule has 3 atom stereocenters. The van der Waals surface area contributed by atoms with E-state index in [1.165, 1.54) is 25.7 Å². The summed E-state index contributed by atoms with van der Waals surface area (Å²) >= 11 is 0. The minimum Gasteiger partial charge on any atom is -0.356 e. The zero-order valence-electron chi connectivity index (χ0n) is 9.58. The highest BCUT2D eigenvalue weighted by molar-refractivity contribution is 5.85. The van der Waals surface area contributed by atoms with Crippen LogP contribution in [0, 0.1) is 23.7 Å².